The summed E-state index contributed by atoms with van der Waals surface area (Å²) >= 11 is 0. The summed E-state index contributed by atoms with van der Waals surface area (Å²) in [7, 11) is 0. The SMILES string of the molecule is Cc1cc(CN2CCc3nc(-c4ccc(N)cc4)ncc3C2)oc1C. The number of nitrogens with two attached hydrogens (primary N) is 1. The molecule has 3 aromatic rings. The van der Waals surface area contributed by atoms with E-state index in [4.69, 9.17) is 15.1 Å². The summed E-state index contributed by atoms with van der Waals surface area (Å²) < 4.78 is 5.81. The maximum atomic E-state index is 5.81. The van der Waals surface area contributed by atoms with Crippen LogP contribution in [0.25, 0.3) is 11.4 Å². The molecular formula is C20H22N4O. The van der Waals surface area contributed by atoms with E-state index in [1.165, 1.54) is 11.1 Å². The molecular weight excluding hydrogens is 312 g/mol. The van der Waals surface area contributed by atoms with E-state index in [2.05, 4.69) is 22.9 Å². The maximum absolute atomic E-state index is 5.81. The van der Waals surface area contributed by atoms with Crippen LogP contribution in [0.5, 0.6) is 0 Å². The molecule has 25 heavy (non-hydrogen) atoms. The Morgan fingerprint density at radius 1 is 1.20 bits per heavy atom. The third kappa shape index (κ3) is 3.28. The van der Waals surface area contributed by atoms with Crippen LogP contribution >= 0.6 is 0 Å². The molecule has 1 aliphatic heterocycles. The molecule has 0 fully saturated rings. The summed E-state index contributed by atoms with van der Waals surface area (Å²) in [4.78, 5) is 11.7. The predicted molar refractivity (Wildman–Crippen MR) is 97.9 cm³/mol. The molecule has 0 bridgehead atoms. The van der Waals surface area contributed by atoms with Gasteiger partial charge in [0.25, 0.3) is 0 Å². The highest BCUT2D eigenvalue weighted by Gasteiger charge is 2.20. The van der Waals surface area contributed by atoms with Gasteiger partial charge in [0.1, 0.15) is 11.5 Å². The zero-order chi connectivity index (χ0) is 17.4. The van der Waals surface area contributed by atoms with Crippen LogP contribution in [-0.4, -0.2) is 21.4 Å². The number of rotatable bonds is 3. The van der Waals surface area contributed by atoms with Crippen molar-refractivity contribution in [2.45, 2.75) is 33.4 Å². The van der Waals surface area contributed by atoms with Gasteiger partial charge in [-0.3, -0.25) is 4.90 Å². The highest BCUT2D eigenvalue weighted by Crippen LogP contribution is 2.23. The molecule has 1 aromatic carbocycles. The summed E-state index contributed by atoms with van der Waals surface area (Å²) in [5.74, 6) is 2.80. The van der Waals surface area contributed by atoms with Gasteiger partial charge in [-0.1, -0.05) is 0 Å². The van der Waals surface area contributed by atoms with Crippen LogP contribution in [0.3, 0.4) is 0 Å². The van der Waals surface area contributed by atoms with Gasteiger partial charge in [-0.2, -0.15) is 0 Å². The fourth-order valence-corrected chi connectivity index (χ4v) is 3.23. The van der Waals surface area contributed by atoms with Crippen LogP contribution in [0, 0.1) is 13.8 Å². The molecule has 0 saturated heterocycles. The van der Waals surface area contributed by atoms with Gasteiger partial charge in [0.05, 0.1) is 12.2 Å². The van der Waals surface area contributed by atoms with Crippen molar-refractivity contribution in [3.63, 3.8) is 0 Å². The van der Waals surface area contributed by atoms with Crippen LogP contribution in [0.15, 0.2) is 40.9 Å². The van der Waals surface area contributed by atoms with Crippen LogP contribution in [0.2, 0.25) is 0 Å². The lowest BCUT2D eigenvalue weighted by molar-refractivity contribution is 0.222. The van der Waals surface area contributed by atoms with E-state index in [1.54, 1.807) is 0 Å². The van der Waals surface area contributed by atoms with Crippen LogP contribution < -0.4 is 5.73 Å². The predicted octanol–water partition coefficient (Wildman–Crippen LogP) is 3.49. The van der Waals surface area contributed by atoms with Gasteiger partial charge in [-0.25, -0.2) is 9.97 Å². The maximum Gasteiger partial charge on any atom is 0.159 e. The molecule has 0 unspecified atom stereocenters. The third-order valence-corrected chi connectivity index (χ3v) is 4.78. The van der Waals surface area contributed by atoms with Gasteiger partial charge in [-0.15, -0.1) is 0 Å². The number of hydrogen-bond acceptors (Lipinski definition) is 5. The van der Waals surface area contributed by atoms with E-state index in [-0.39, 0.29) is 0 Å². The second kappa shape index (κ2) is 6.33. The van der Waals surface area contributed by atoms with Crippen molar-refractivity contribution in [2.24, 2.45) is 0 Å². The standard InChI is InChI=1S/C20H22N4O/c1-13-9-18(25-14(13)2)12-24-8-7-19-16(11-24)10-22-20(23-19)15-3-5-17(21)6-4-15/h3-6,9-10H,7-8,11-12,21H2,1-2H3. The number of benzene rings is 1. The molecule has 2 N–H and O–H groups in total. The minimum absolute atomic E-state index is 0.751. The Kier molecular flexibility index (Phi) is 4.01. The Morgan fingerprint density at radius 3 is 2.72 bits per heavy atom. The van der Waals surface area contributed by atoms with Crippen molar-refractivity contribution < 1.29 is 4.42 Å². The van der Waals surface area contributed by atoms with Gasteiger partial charge < -0.3 is 10.2 Å². The number of aryl methyl sites for hydroxylation is 2. The molecule has 0 aliphatic carbocycles. The average molecular weight is 334 g/mol. The molecule has 0 radical (unpaired) electrons. The Morgan fingerprint density at radius 2 is 2.00 bits per heavy atom. The van der Waals surface area contributed by atoms with Crippen LogP contribution in [-0.2, 0) is 19.5 Å². The Labute approximate surface area is 147 Å². The summed E-state index contributed by atoms with van der Waals surface area (Å²) in [6.45, 7) is 6.76. The zero-order valence-electron chi connectivity index (χ0n) is 14.6. The highest BCUT2D eigenvalue weighted by atomic mass is 16.3. The first-order valence-electron chi connectivity index (χ1n) is 8.57. The van der Waals surface area contributed by atoms with Gasteiger partial charge in [0.2, 0.25) is 0 Å². The minimum atomic E-state index is 0.751. The molecule has 128 valence electrons. The molecule has 0 spiro atoms. The van der Waals surface area contributed by atoms with Crippen molar-refractivity contribution in [3.05, 3.63) is 64.9 Å². The topological polar surface area (TPSA) is 68.2 Å². The van der Waals surface area contributed by atoms with Gasteiger partial charge in [0.15, 0.2) is 5.82 Å². The second-order valence-electron chi connectivity index (χ2n) is 6.70. The van der Waals surface area contributed by atoms with E-state index >= 15 is 0 Å². The molecule has 0 atom stereocenters. The number of hydrogen-bond donors (Lipinski definition) is 1. The van der Waals surface area contributed by atoms with Crippen molar-refractivity contribution in [3.8, 4) is 11.4 Å². The number of furan rings is 1. The molecule has 0 amide bonds. The molecule has 4 rings (SSSR count). The lowest BCUT2D eigenvalue weighted by atomic mass is 10.1. The van der Waals surface area contributed by atoms with Crippen LogP contribution in [0.4, 0.5) is 5.69 Å². The average Bonchev–Trinajstić information content (AvgIpc) is 2.92. The summed E-state index contributed by atoms with van der Waals surface area (Å²) in [5, 5.41) is 0. The molecule has 3 heterocycles. The van der Waals surface area contributed by atoms with Gasteiger partial charge in [0, 0.05) is 42.5 Å². The zero-order valence-corrected chi connectivity index (χ0v) is 14.6. The third-order valence-electron chi connectivity index (χ3n) is 4.78. The Hall–Kier alpha value is -2.66. The Balaban J connectivity index is 1.51. The molecule has 2 aromatic heterocycles. The molecule has 5 nitrogen and oxygen atoms in total. The first kappa shape index (κ1) is 15.8. The first-order chi connectivity index (χ1) is 12.1. The first-order valence-corrected chi connectivity index (χ1v) is 8.57. The molecule has 5 heteroatoms. The van der Waals surface area contributed by atoms with Crippen LogP contribution in [0.1, 0.15) is 28.3 Å². The quantitative estimate of drug-likeness (QED) is 0.743. The fourth-order valence-electron chi connectivity index (χ4n) is 3.23. The number of aromatic nitrogens is 2. The Bertz CT molecular complexity index is 879. The number of anilines is 1. The van der Waals surface area contributed by atoms with E-state index in [1.807, 2.05) is 37.4 Å². The summed E-state index contributed by atoms with van der Waals surface area (Å²) in [6, 6.07) is 9.83. The normalized spacial score (nSPS) is 14.5. The number of fused-ring (bicyclic) bond motifs is 1. The van der Waals surface area contributed by atoms with E-state index in [0.717, 1.165) is 60.3 Å². The van der Waals surface area contributed by atoms with Crippen molar-refractivity contribution in [1.82, 2.24) is 14.9 Å². The molecule has 0 saturated carbocycles. The highest BCUT2D eigenvalue weighted by molar-refractivity contribution is 5.58. The number of nitrogens with zero attached hydrogens (tertiary/aromatic N) is 3. The van der Waals surface area contributed by atoms with Gasteiger partial charge in [-0.05, 0) is 49.7 Å². The molecule has 1 aliphatic rings. The largest absolute Gasteiger partial charge is 0.465 e. The van der Waals surface area contributed by atoms with E-state index in [9.17, 15) is 0 Å². The second-order valence-corrected chi connectivity index (χ2v) is 6.70. The van der Waals surface area contributed by atoms with E-state index < -0.39 is 0 Å². The summed E-state index contributed by atoms with van der Waals surface area (Å²) in [5.41, 5.74) is 11.1. The lowest BCUT2D eigenvalue weighted by Gasteiger charge is -2.27. The monoisotopic (exact) mass is 334 g/mol. The number of nitrogen functional groups attached to an aromatic ring is 1. The van der Waals surface area contributed by atoms with Crippen molar-refractivity contribution in [2.75, 3.05) is 12.3 Å². The van der Waals surface area contributed by atoms with Crippen molar-refractivity contribution >= 4 is 5.69 Å². The van der Waals surface area contributed by atoms with Gasteiger partial charge >= 0.3 is 0 Å². The smallest absolute Gasteiger partial charge is 0.159 e. The minimum Gasteiger partial charge on any atom is -0.465 e. The lowest BCUT2D eigenvalue weighted by Crippen LogP contribution is -2.30. The van der Waals surface area contributed by atoms with Crippen molar-refractivity contribution in [1.29, 1.82) is 0 Å². The fraction of sp³-hybridized carbons (Fsp3) is 0.300. The summed E-state index contributed by atoms with van der Waals surface area (Å²) in [6.07, 6.45) is 2.89. The van der Waals surface area contributed by atoms with E-state index in [0.29, 0.717) is 0 Å².